The molecule has 1 saturated carbocycles. The second kappa shape index (κ2) is 5.17. The highest BCUT2D eigenvalue weighted by Crippen LogP contribution is 2.28. The van der Waals surface area contributed by atoms with E-state index in [1.807, 2.05) is 18.7 Å². The molecule has 0 radical (unpaired) electrons. The molecule has 1 saturated heterocycles. The quantitative estimate of drug-likeness (QED) is 0.721. The van der Waals surface area contributed by atoms with Crippen LogP contribution >= 0.6 is 0 Å². The van der Waals surface area contributed by atoms with Crippen molar-refractivity contribution in [3.63, 3.8) is 0 Å². The third-order valence-corrected chi connectivity index (χ3v) is 3.71. The van der Waals surface area contributed by atoms with E-state index in [0.29, 0.717) is 11.8 Å². The Balaban J connectivity index is 1.83. The molecule has 1 aliphatic carbocycles. The number of hydrogen-bond acceptors (Lipinski definition) is 2. The summed E-state index contributed by atoms with van der Waals surface area (Å²) in [7, 11) is 0. The van der Waals surface area contributed by atoms with Crippen LogP contribution in [0.2, 0.25) is 0 Å². The summed E-state index contributed by atoms with van der Waals surface area (Å²) in [5.74, 6) is 0.995. The summed E-state index contributed by atoms with van der Waals surface area (Å²) in [4.78, 5) is 14.1. The minimum Gasteiger partial charge on any atom is -0.372 e. The van der Waals surface area contributed by atoms with Gasteiger partial charge in [-0.1, -0.05) is 12.8 Å². The Bertz CT molecular complexity index is 238. The van der Waals surface area contributed by atoms with Crippen LogP contribution in [0.1, 0.15) is 46.0 Å². The number of nitrogens with zero attached hydrogens (tertiary/aromatic N) is 1. The maximum Gasteiger partial charge on any atom is 0.223 e. The molecule has 0 aromatic carbocycles. The van der Waals surface area contributed by atoms with Crippen LogP contribution in [0.4, 0.5) is 0 Å². The highest BCUT2D eigenvalue weighted by Gasteiger charge is 2.28. The first-order valence-corrected chi connectivity index (χ1v) is 6.58. The Labute approximate surface area is 98.1 Å². The predicted octanol–water partition coefficient (Wildman–Crippen LogP) is 2.20. The molecule has 92 valence electrons. The Kier molecular flexibility index (Phi) is 3.85. The lowest BCUT2D eigenvalue weighted by Crippen LogP contribution is -2.48. The Morgan fingerprint density at radius 3 is 2.31 bits per heavy atom. The number of rotatable bonds is 2. The summed E-state index contributed by atoms with van der Waals surface area (Å²) >= 11 is 0. The molecule has 0 bridgehead atoms. The Morgan fingerprint density at radius 2 is 1.75 bits per heavy atom. The molecule has 2 fully saturated rings. The smallest absolute Gasteiger partial charge is 0.223 e. The van der Waals surface area contributed by atoms with Crippen LogP contribution in [-0.4, -0.2) is 36.1 Å². The molecule has 1 heterocycles. The van der Waals surface area contributed by atoms with Gasteiger partial charge < -0.3 is 9.64 Å². The van der Waals surface area contributed by atoms with Gasteiger partial charge in [-0.05, 0) is 32.6 Å². The van der Waals surface area contributed by atoms with Crippen LogP contribution in [-0.2, 0) is 9.53 Å². The predicted molar refractivity (Wildman–Crippen MR) is 63.2 cm³/mol. The molecule has 0 unspecified atom stereocenters. The Hall–Kier alpha value is -0.570. The number of hydrogen-bond donors (Lipinski definition) is 0. The van der Waals surface area contributed by atoms with Crippen molar-refractivity contribution >= 4 is 5.91 Å². The van der Waals surface area contributed by atoms with Crippen LogP contribution < -0.4 is 0 Å². The van der Waals surface area contributed by atoms with E-state index in [0.717, 1.165) is 19.5 Å². The highest BCUT2D eigenvalue weighted by atomic mass is 16.5. The average molecular weight is 225 g/mol. The molecular formula is C13H23NO2. The van der Waals surface area contributed by atoms with Gasteiger partial charge in [-0.15, -0.1) is 0 Å². The van der Waals surface area contributed by atoms with Crippen LogP contribution in [0.15, 0.2) is 0 Å². The van der Waals surface area contributed by atoms with E-state index in [2.05, 4.69) is 0 Å². The lowest BCUT2D eigenvalue weighted by Gasteiger charge is -2.35. The van der Waals surface area contributed by atoms with Crippen molar-refractivity contribution in [1.82, 2.24) is 4.90 Å². The zero-order chi connectivity index (χ0) is 11.5. The molecule has 1 aliphatic heterocycles. The van der Waals surface area contributed by atoms with Crippen molar-refractivity contribution in [2.24, 2.45) is 5.92 Å². The van der Waals surface area contributed by atoms with Crippen molar-refractivity contribution < 1.29 is 9.53 Å². The largest absolute Gasteiger partial charge is 0.372 e. The molecule has 0 spiro atoms. The van der Waals surface area contributed by atoms with E-state index in [1.54, 1.807) is 0 Å². The lowest BCUT2D eigenvalue weighted by atomic mass is 10.0. The SMILES string of the molecule is C[C@H]1CN(C(=O)CC2CCCC2)C[C@H](C)O1. The van der Waals surface area contributed by atoms with Crippen LogP contribution in [0.25, 0.3) is 0 Å². The first-order valence-electron chi connectivity index (χ1n) is 6.58. The summed E-state index contributed by atoms with van der Waals surface area (Å²) < 4.78 is 5.64. The fourth-order valence-electron chi connectivity index (χ4n) is 2.97. The van der Waals surface area contributed by atoms with Crippen LogP contribution in [0, 0.1) is 5.92 Å². The third kappa shape index (κ3) is 2.97. The first-order chi connectivity index (χ1) is 7.65. The zero-order valence-electron chi connectivity index (χ0n) is 10.4. The highest BCUT2D eigenvalue weighted by molar-refractivity contribution is 5.76. The van der Waals surface area contributed by atoms with Crippen molar-refractivity contribution in [2.75, 3.05) is 13.1 Å². The monoisotopic (exact) mass is 225 g/mol. The summed E-state index contributed by atoms with van der Waals surface area (Å²) in [5, 5.41) is 0. The van der Waals surface area contributed by atoms with Gasteiger partial charge in [0.05, 0.1) is 12.2 Å². The molecular weight excluding hydrogens is 202 g/mol. The van der Waals surface area contributed by atoms with Gasteiger partial charge in [0.25, 0.3) is 0 Å². The number of ether oxygens (including phenoxy) is 1. The normalized spacial score (nSPS) is 32.0. The minimum atomic E-state index is 0.191. The van der Waals surface area contributed by atoms with E-state index in [9.17, 15) is 4.79 Å². The maximum atomic E-state index is 12.1. The van der Waals surface area contributed by atoms with Crippen molar-refractivity contribution in [1.29, 1.82) is 0 Å². The molecule has 1 amide bonds. The molecule has 16 heavy (non-hydrogen) atoms. The maximum absolute atomic E-state index is 12.1. The van der Waals surface area contributed by atoms with Gasteiger partial charge in [0, 0.05) is 19.5 Å². The molecule has 2 atom stereocenters. The average Bonchev–Trinajstić information content (AvgIpc) is 2.68. The lowest BCUT2D eigenvalue weighted by molar-refractivity contribution is -0.144. The van der Waals surface area contributed by atoms with Gasteiger partial charge in [0.1, 0.15) is 0 Å². The number of morpholine rings is 1. The second-order valence-corrected chi connectivity index (χ2v) is 5.41. The third-order valence-electron chi connectivity index (χ3n) is 3.71. The minimum absolute atomic E-state index is 0.191. The fraction of sp³-hybridized carbons (Fsp3) is 0.923. The topological polar surface area (TPSA) is 29.5 Å². The van der Waals surface area contributed by atoms with Crippen LogP contribution in [0.5, 0.6) is 0 Å². The zero-order valence-corrected chi connectivity index (χ0v) is 10.4. The Morgan fingerprint density at radius 1 is 1.19 bits per heavy atom. The summed E-state index contributed by atoms with van der Waals surface area (Å²) in [6.45, 7) is 5.64. The molecule has 0 aromatic heterocycles. The van der Waals surface area contributed by atoms with E-state index in [1.165, 1.54) is 25.7 Å². The van der Waals surface area contributed by atoms with Gasteiger partial charge in [0.15, 0.2) is 0 Å². The molecule has 0 aromatic rings. The number of amides is 1. The van der Waals surface area contributed by atoms with Crippen molar-refractivity contribution in [3.05, 3.63) is 0 Å². The fourth-order valence-corrected chi connectivity index (χ4v) is 2.97. The van der Waals surface area contributed by atoms with Gasteiger partial charge in [0.2, 0.25) is 5.91 Å². The molecule has 3 heteroatoms. The number of carbonyl (C=O) groups excluding carboxylic acids is 1. The molecule has 0 N–H and O–H groups in total. The van der Waals surface area contributed by atoms with Crippen molar-refractivity contribution in [2.45, 2.75) is 58.2 Å². The van der Waals surface area contributed by atoms with E-state index >= 15 is 0 Å². The van der Waals surface area contributed by atoms with Gasteiger partial charge in [-0.25, -0.2) is 0 Å². The first kappa shape index (κ1) is 11.9. The summed E-state index contributed by atoms with van der Waals surface area (Å²) in [5.41, 5.74) is 0. The van der Waals surface area contributed by atoms with E-state index < -0.39 is 0 Å². The second-order valence-electron chi connectivity index (χ2n) is 5.41. The van der Waals surface area contributed by atoms with E-state index in [-0.39, 0.29) is 12.2 Å². The van der Waals surface area contributed by atoms with Crippen LogP contribution in [0.3, 0.4) is 0 Å². The van der Waals surface area contributed by atoms with E-state index in [4.69, 9.17) is 4.74 Å². The summed E-state index contributed by atoms with van der Waals surface area (Å²) in [6, 6.07) is 0. The molecule has 2 aliphatic rings. The van der Waals surface area contributed by atoms with Gasteiger partial charge in [-0.3, -0.25) is 4.79 Å². The standard InChI is InChI=1S/C13H23NO2/c1-10-8-14(9-11(2)16-10)13(15)7-12-5-3-4-6-12/h10-12H,3-9H2,1-2H3/t10-,11-/m0/s1. The summed E-state index contributed by atoms with van der Waals surface area (Å²) in [6.07, 6.45) is 6.27. The molecule has 2 rings (SSSR count). The van der Waals surface area contributed by atoms with Gasteiger partial charge in [-0.2, -0.15) is 0 Å². The van der Waals surface area contributed by atoms with Crippen molar-refractivity contribution in [3.8, 4) is 0 Å². The van der Waals surface area contributed by atoms with Gasteiger partial charge >= 0.3 is 0 Å². The number of carbonyl (C=O) groups is 1. The molecule has 3 nitrogen and oxygen atoms in total.